The van der Waals surface area contributed by atoms with Gasteiger partial charge in [0.15, 0.2) is 6.61 Å². The summed E-state index contributed by atoms with van der Waals surface area (Å²) in [6.07, 6.45) is 0.426. The molecule has 1 unspecified atom stereocenters. The molecule has 0 bridgehead atoms. The smallest absolute Gasteiger partial charge is 0.330 e. The molecule has 2 rings (SSSR count). The van der Waals surface area contributed by atoms with Gasteiger partial charge in [0.2, 0.25) is 0 Å². The van der Waals surface area contributed by atoms with Gasteiger partial charge in [-0.25, -0.2) is 4.79 Å². The highest BCUT2D eigenvalue weighted by atomic mass is 35.5. The van der Waals surface area contributed by atoms with Crippen molar-refractivity contribution >= 4 is 35.2 Å². The second-order valence-corrected chi connectivity index (χ2v) is 6.03. The first-order valence-corrected chi connectivity index (χ1v) is 7.56. The van der Waals surface area contributed by atoms with Crippen LogP contribution in [0, 0.1) is 0 Å². The van der Waals surface area contributed by atoms with E-state index < -0.39 is 17.4 Å². The molecule has 1 fully saturated rings. The van der Waals surface area contributed by atoms with E-state index in [9.17, 15) is 14.7 Å². The summed E-state index contributed by atoms with van der Waals surface area (Å²) in [6.45, 7) is -0.236. The van der Waals surface area contributed by atoms with Crippen LogP contribution in [-0.4, -0.2) is 40.6 Å². The van der Waals surface area contributed by atoms with Crippen molar-refractivity contribution in [2.24, 2.45) is 0 Å². The number of thioether (sulfide) groups is 1. The zero-order valence-corrected chi connectivity index (χ0v) is 12.2. The minimum Gasteiger partial charge on any atom is -0.484 e. The summed E-state index contributed by atoms with van der Waals surface area (Å²) in [5.74, 6) is 0.124. The van der Waals surface area contributed by atoms with Crippen molar-refractivity contribution in [1.82, 2.24) is 5.32 Å². The molecule has 5 nitrogen and oxygen atoms in total. The van der Waals surface area contributed by atoms with Crippen molar-refractivity contribution in [2.45, 2.75) is 12.0 Å². The lowest BCUT2D eigenvalue weighted by atomic mass is 9.99. The van der Waals surface area contributed by atoms with E-state index >= 15 is 0 Å². The number of ether oxygens (including phenoxy) is 1. The molecule has 0 radical (unpaired) electrons. The Morgan fingerprint density at radius 1 is 1.50 bits per heavy atom. The van der Waals surface area contributed by atoms with Gasteiger partial charge in [0.1, 0.15) is 11.3 Å². The monoisotopic (exact) mass is 315 g/mol. The van der Waals surface area contributed by atoms with Crippen LogP contribution in [0.4, 0.5) is 0 Å². The second-order valence-electron chi connectivity index (χ2n) is 4.48. The van der Waals surface area contributed by atoms with Crippen molar-refractivity contribution in [3.05, 3.63) is 29.3 Å². The first-order chi connectivity index (χ1) is 9.52. The van der Waals surface area contributed by atoms with E-state index in [1.807, 2.05) is 0 Å². The van der Waals surface area contributed by atoms with E-state index in [-0.39, 0.29) is 6.61 Å². The highest BCUT2D eigenvalue weighted by Gasteiger charge is 2.43. The van der Waals surface area contributed by atoms with Gasteiger partial charge < -0.3 is 15.2 Å². The summed E-state index contributed by atoms with van der Waals surface area (Å²) in [7, 11) is 0. The maximum absolute atomic E-state index is 11.8. The van der Waals surface area contributed by atoms with Crippen molar-refractivity contribution in [3.8, 4) is 5.75 Å². The Morgan fingerprint density at radius 2 is 2.30 bits per heavy atom. The number of carbonyl (C=O) groups excluding carboxylic acids is 1. The number of hydrogen-bond donors (Lipinski definition) is 2. The Balaban J connectivity index is 1.90. The molecule has 7 heteroatoms. The van der Waals surface area contributed by atoms with Crippen molar-refractivity contribution < 1.29 is 19.4 Å². The lowest BCUT2D eigenvalue weighted by Crippen LogP contribution is -2.55. The number of amides is 1. The number of hydrogen-bond acceptors (Lipinski definition) is 4. The average molecular weight is 316 g/mol. The molecule has 1 atom stereocenters. The van der Waals surface area contributed by atoms with Gasteiger partial charge in [-0.2, -0.15) is 11.8 Å². The van der Waals surface area contributed by atoms with Crippen molar-refractivity contribution in [2.75, 3.05) is 18.1 Å². The van der Waals surface area contributed by atoms with E-state index in [1.165, 1.54) is 11.8 Å². The van der Waals surface area contributed by atoms with E-state index in [0.717, 1.165) is 5.75 Å². The number of carboxylic acid groups (broad SMARTS) is 1. The van der Waals surface area contributed by atoms with Gasteiger partial charge in [0.05, 0.1) is 0 Å². The highest BCUT2D eigenvalue weighted by Crippen LogP contribution is 2.28. The van der Waals surface area contributed by atoms with Crippen molar-refractivity contribution in [1.29, 1.82) is 0 Å². The quantitative estimate of drug-likeness (QED) is 0.866. The summed E-state index contributed by atoms with van der Waals surface area (Å²) < 4.78 is 5.29. The van der Waals surface area contributed by atoms with Crippen LogP contribution in [0.5, 0.6) is 5.75 Å². The second kappa shape index (κ2) is 6.37. The zero-order chi connectivity index (χ0) is 14.6. The third-order valence-corrected chi connectivity index (χ3v) is 4.40. The van der Waals surface area contributed by atoms with Gasteiger partial charge in [-0.05, 0) is 30.4 Å². The van der Waals surface area contributed by atoms with Crippen LogP contribution in [-0.2, 0) is 9.59 Å². The first-order valence-electron chi connectivity index (χ1n) is 6.02. The SMILES string of the molecule is O=C(COc1cccc(Cl)c1)NC1(C(=O)O)CCSC1. The summed E-state index contributed by atoms with van der Waals surface area (Å²) in [6, 6.07) is 6.68. The minimum atomic E-state index is -1.17. The fourth-order valence-corrected chi connectivity index (χ4v) is 3.40. The Morgan fingerprint density at radius 3 is 2.90 bits per heavy atom. The lowest BCUT2D eigenvalue weighted by molar-refractivity contribution is -0.146. The number of rotatable bonds is 5. The van der Waals surface area contributed by atoms with Gasteiger partial charge in [0.25, 0.3) is 5.91 Å². The molecule has 1 aromatic carbocycles. The zero-order valence-electron chi connectivity index (χ0n) is 10.6. The molecule has 1 aliphatic heterocycles. The summed E-state index contributed by atoms with van der Waals surface area (Å²) in [5, 5.41) is 12.3. The number of nitrogens with one attached hydrogen (secondary N) is 1. The number of aliphatic carboxylic acids is 1. The lowest BCUT2D eigenvalue weighted by Gasteiger charge is -2.24. The van der Waals surface area contributed by atoms with Gasteiger partial charge in [-0.15, -0.1) is 0 Å². The Labute approximate surface area is 125 Å². The highest BCUT2D eigenvalue weighted by molar-refractivity contribution is 7.99. The van der Waals surface area contributed by atoms with Gasteiger partial charge >= 0.3 is 5.97 Å². The van der Waals surface area contributed by atoms with E-state index in [2.05, 4.69) is 5.32 Å². The van der Waals surface area contributed by atoms with Gasteiger partial charge in [-0.3, -0.25) is 4.79 Å². The van der Waals surface area contributed by atoms with Crippen molar-refractivity contribution in [3.63, 3.8) is 0 Å². The predicted octanol–water partition coefficient (Wildman–Crippen LogP) is 1.80. The van der Waals surface area contributed by atoms with Crippen LogP contribution >= 0.6 is 23.4 Å². The van der Waals surface area contributed by atoms with E-state index in [1.54, 1.807) is 24.3 Å². The van der Waals surface area contributed by atoms with Crippen LogP contribution < -0.4 is 10.1 Å². The molecule has 20 heavy (non-hydrogen) atoms. The molecule has 1 aromatic rings. The van der Waals surface area contributed by atoms with E-state index in [4.69, 9.17) is 16.3 Å². The number of benzene rings is 1. The predicted molar refractivity (Wildman–Crippen MR) is 77.4 cm³/mol. The minimum absolute atomic E-state index is 0.236. The normalized spacial score (nSPS) is 21.4. The van der Waals surface area contributed by atoms with Crippen LogP contribution in [0.15, 0.2) is 24.3 Å². The van der Waals surface area contributed by atoms with Gasteiger partial charge in [-0.1, -0.05) is 17.7 Å². The maximum atomic E-state index is 11.8. The van der Waals surface area contributed by atoms with Crippen LogP contribution in [0.2, 0.25) is 5.02 Å². The molecule has 0 aromatic heterocycles. The molecule has 1 amide bonds. The number of carbonyl (C=O) groups is 2. The Hall–Kier alpha value is -1.40. The standard InChI is InChI=1S/C13H14ClNO4S/c14-9-2-1-3-10(6-9)19-7-11(16)15-13(12(17)18)4-5-20-8-13/h1-3,6H,4-5,7-8H2,(H,15,16)(H,17,18). The third kappa shape index (κ3) is 3.58. The van der Waals surface area contributed by atoms with Crippen LogP contribution in [0.1, 0.15) is 6.42 Å². The molecule has 0 saturated carbocycles. The molecule has 1 saturated heterocycles. The number of halogens is 1. The molecule has 108 valence electrons. The van der Waals surface area contributed by atoms with E-state index in [0.29, 0.717) is 22.9 Å². The first kappa shape index (κ1) is 15.0. The molecule has 2 N–H and O–H groups in total. The molecular weight excluding hydrogens is 302 g/mol. The summed E-state index contributed by atoms with van der Waals surface area (Å²) in [5.41, 5.74) is -1.17. The average Bonchev–Trinajstić information content (AvgIpc) is 2.86. The Kier molecular flexibility index (Phi) is 4.77. The van der Waals surface area contributed by atoms with Crippen LogP contribution in [0.3, 0.4) is 0 Å². The third-order valence-electron chi connectivity index (χ3n) is 2.98. The molecular formula is C13H14ClNO4S. The molecule has 1 heterocycles. The molecule has 0 aliphatic carbocycles. The summed E-state index contributed by atoms with van der Waals surface area (Å²) >= 11 is 7.31. The largest absolute Gasteiger partial charge is 0.484 e. The van der Waals surface area contributed by atoms with Gasteiger partial charge in [0, 0.05) is 10.8 Å². The number of carboxylic acids is 1. The summed E-state index contributed by atoms with van der Waals surface area (Å²) in [4.78, 5) is 23.1. The Bertz CT molecular complexity index is 517. The maximum Gasteiger partial charge on any atom is 0.330 e. The fourth-order valence-electron chi connectivity index (χ4n) is 1.89. The fraction of sp³-hybridized carbons (Fsp3) is 0.385. The molecule has 1 aliphatic rings. The molecule has 0 spiro atoms. The van der Waals surface area contributed by atoms with Crippen LogP contribution in [0.25, 0.3) is 0 Å². The topological polar surface area (TPSA) is 75.6 Å².